The maximum atomic E-state index is 13.7. The highest BCUT2D eigenvalue weighted by Crippen LogP contribution is 2.34. The van der Waals surface area contributed by atoms with Gasteiger partial charge in [-0.3, -0.25) is 14.9 Å². The Morgan fingerprint density at radius 2 is 1.89 bits per heavy atom. The van der Waals surface area contributed by atoms with Crippen LogP contribution in [0, 0.1) is 10.1 Å². The zero-order valence-corrected chi connectivity index (χ0v) is 24.7. The topological polar surface area (TPSA) is 122 Å². The number of nitro benzene ring substituents is 1. The molecule has 224 valence electrons. The van der Waals surface area contributed by atoms with Crippen molar-refractivity contribution in [2.24, 2.45) is 5.10 Å². The van der Waals surface area contributed by atoms with Crippen molar-refractivity contribution in [2.75, 3.05) is 7.11 Å². The summed E-state index contributed by atoms with van der Waals surface area (Å²) in [6, 6.07) is 23.8. The molecule has 4 aromatic carbocycles. The first-order valence-corrected chi connectivity index (χ1v) is 14.2. The van der Waals surface area contributed by atoms with E-state index in [9.17, 15) is 14.9 Å². The first-order valence-electron chi connectivity index (χ1n) is 13.8. The number of fused-ring (bicyclic) bond motifs is 2. The lowest BCUT2D eigenvalue weighted by molar-refractivity contribution is -0.384. The van der Waals surface area contributed by atoms with Gasteiger partial charge in [0.25, 0.3) is 11.2 Å². The molecular weight excluding hydrogens is 596 g/mol. The smallest absolute Gasteiger partial charge is 0.282 e. The summed E-state index contributed by atoms with van der Waals surface area (Å²) >= 11 is 6.18. The van der Waals surface area contributed by atoms with Crippen molar-refractivity contribution in [3.8, 4) is 23.1 Å². The normalized spacial score (nSPS) is 11.3. The van der Waals surface area contributed by atoms with Crippen LogP contribution in [0.3, 0.4) is 0 Å². The lowest BCUT2D eigenvalue weighted by atomic mass is 10.1. The Kier molecular flexibility index (Phi) is 8.13. The summed E-state index contributed by atoms with van der Waals surface area (Å²) in [6.07, 6.45) is 3.73. The summed E-state index contributed by atoms with van der Waals surface area (Å²) in [4.78, 5) is 29.0. The number of hydrogen-bond acceptors (Lipinski definition) is 8. The Morgan fingerprint density at radius 1 is 1.09 bits per heavy atom. The Labute approximate surface area is 261 Å². The van der Waals surface area contributed by atoms with Crippen LogP contribution in [0.25, 0.3) is 33.5 Å². The van der Waals surface area contributed by atoms with Gasteiger partial charge >= 0.3 is 0 Å². The number of methoxy groups -OCH3 is 1. The lowest BCUT2D eigenvalue weighted by Gasteiger charge is -2.16. The second kappa shape index (κ2) is 12.5. The maximum absolute atomic E-state index is 13.7. The number of non-ortho nitro benzene ring substituents is 1. The van der Waals surface area contributed by atoms with E-state index in [4.69, 9.17) is 30.5 Å². The summed E-state index contributed by atoms with van der Waals surface area (Å²) in [7, 11) is 1.52. The molecule has 0 unspecified atom stereocenters. The average Bonchev–Trinajstić information content (AvgIpc) is 3.47. The van der Waals surface area contributed by atoms with Crippen molar-refractivity contribution in [1.82, 2.24) is 9.66 Å². The van der Waals surface area contributed by atoms with Gasteiger partial charge in [-0.05, 0) is 78.2 Å². The highest BCUT2D eigenvalue weighted by molar-refractivity contribution is 6.31. The maximum Gasteiger partial charge on any atom is 0.282 e. The number of furan rings is 1. The van der Waals surface area contributed by atoms with Crippen LogP contribution >= 0.6 is 11.6 Å². The van der Waals surface area contributed by atoms with E-state index < -0.39 is 4.92 Å². The van der Waals surface area contributed by atoms with Crippen LogP contribution in [0.5, 0.6) is 11.5 Å². The van der Waals surface area contributed by atoms with Gasteiger partial charge in [0, 0.05) is 28.1 Å². The third-order valence-corrected chi connectivity index (χ3v) is 7.28. The number of rotatable bonds is 10. The van der Waals surface area contributed by atoms with Crippen molar-refractivity contribution in [3.63, 3.8) is 0 Å². The number of para-hydroxylation sites is 1. The SMILES string of the molecule is C=CCc1cc(C=Nn2c(-c3cc4cc(Cl)ccc4o3)nc3ccccc3c2=O)cc(OC)c1OCc1ccc([N+](=O)[O-])cc1. The number of benzene rings is 4. The molecule has 0 aliphatic heterocycles. The summed E-state index contributed by atoms with van der Waals surface area (Å²) in [5.41, 5.74) is 2.89. The number of aromatic nitrogens is 2. The van der Waals surface area contributed by atoms with Crippen LogP contribution in [0.15, 0.2) is 112 Å². The molecule has 0 aliphatic carbocycles. The fourth-order valence-electron chi connectivity index (χ4n) is 4.89. The Morgan fingerprint density at radius 3 is 2.64 bits per heavy atom. The van der Waals surface area contributed by atoms with Crippen LogP contribution in [0.1, 0.15) is 16.7 Å². The van der Waals surface area contributed by atoms with E-state index in [2.05, 4.69) is 11.7 Å². The minimum atomic E-state index is -0.451. The number of hydrogen-bond donors (Lipinski definition) is 0. The molecule has 0 radical (unpaired) electrons. The number of halogens is 1. The molecule has 0 fully saturated rings. The number of ether oxygens (including phenoxy) is 2. The fraction of sp³-hybridized carbons (Fsp3) is 0.0882. The first-order chi connectivity index (χ1) is 21.8. The van der Waals surface area contributed by atoms with E-state index in [1.54, 1.807) is 66.7 Å². The largest absolute Gasteiger partial charge is 0.493 e. The van der Waals surface area contributed by atoms with E-state index in [1.165, 1.54) is 30.1 Å². The summed E-state index contributed by atoms with van der Waals surface area (Å²) in [6.45, 7) is 4.03. The molecule has 0 aliphatic rings. The monoisotopic (exact) mass is 620 g/mol. The minimum Gasteiger partial charge on any atom is -0.493 e. The second-order valence-electron chi connectivity index (χ2n) is 10.0. The molecule has 2 aromatic heterocycles. The van der Waals surface area contributed by atoms with Gasteiger partial charge in [-0.1, -0.05) is 29.8 Å². The predicted molar refractivity (Wildman–Crippen MR) is 174 cm³/mol. The minimum absolute atomic E-state index is 0.000846. The molecule has 6 rings (SSSR count). The van der Waals surface area contributed by atoms with Crippen LogP contribution in [-0.2, 0) is 13.0 Å². The molecule has 10 nitrogen and oxygen atoms in total. The second-order valence-corrected chi connectivity index (χ2v) is 10.5. The highest BCUT2D eigenvalue weighted by Gasteiger charge is 2.18. The molecule has 0 saturated carbocycles. The first kappa shape index (κ1) is 29.3. The molecule has 0 saturated heterocycles. The molecule has 0 spiro atoms. The standard InChI is InChI=1S/C34H25ClN4O6/c1-3-6-23-15-22(16-30(43-2)32(23)44-20-21-9-12-26(13-10-21)39(41)42)19-36-38-33(37-28-8-5-4-7-27(28)34(38)40)31-18-24-17-25(35)11-14-29(24)45-31/h3-5,7-19H,1,6,20H2,2H3. The van der Waals surface area contributed by atoms with E-state index in [0.29, 0.717) is 50.8 Å². The Hall–Kier alpha value is -5.74. The van der Waals surface area contributed by atoms with Crippen molar-refractivity contribution in [2.45, 2.75) is 13.0 Å². The zero-order valence-electron chi connectivity index (χ0n) is 24.0. The van der Waals surface area contributed by atoms with Gasteiger partial charge in [-0.2, -0.15) is 9.78 Å². The molecule has 0 N–H and O–H groups in total. The quantitative estimate of drug-likeness (QED) is 0.0670. The van der Waals surface area contributed by atoms with Crippen LogP contribution < -0.4 is 15.0 Å². The van der Waals surface area contributed by atoms with Gasteiger partial charge < -0.3 is 13.9 Å². The van der Waals surface area contributed by atoms with Gasteiger partial charge in [0.2, 0.25) is 5.82 Å². The van der Waals surface area contributed by atoms with Crippen molar-refractivity contribution < 1.29 is 18.8 Å². The van der Waals surface area contributed by atoms with Crippen molar-refractivity contribution >= 4 is 45.4 Å². The Balaban J connectivity index is 1.39. The van der Waals surface area contributed by atoms with Gasteiger partial charge in [0.15, 0.2) is 17.3 Å². The van der Waals surface area contributed by atoms with E-state index in [-0.39, 0.29) is 23.7 Å². The number of nitro groups is 1. The van der Waals surface area contributed by atoms with E-state index in [1.807, 2.05) is 12.1 Å². The Bertz CT molecular complexity index is 2170. The van der Waals surface area contributed by atoms with Crippen LogP contribution in [-0.4, -0.2) is 27.9 Å². The summed E-state index contributed by atoms with van der Waals surface area (Å²) in [5.74, 6) is 1.52. The molecule has 0 bridgehead atoms. The predicted octanol–water partition coefficient (Wildman–Crippen LogP) is 7.57. The molecule has 2 heterocycles. The lowest BCUT2D eigenvalue weighted by Crippen LogP contribution is -2.20. The number of nitrogens with zero attached hydrogens (tertiary/aromatic N) is 4. The van der Waals surface area contributed by atoms with Crippen molar-refractivity contribution in [1.29, 1.82) is 0 Å². The van der Waals surface area contributed by atoms with Crippen LogP contribution in [0.2, 0.25) is 5.02 Å². The highest BCUT2D eigenvalue weighted by atomic mass is 35.5. The summed E-state index contributed by atoms with van der Waals surface area (Å²) in [5, 5.41) is 17.3. The zero-order chi connectivity index (χ0) is 31.5. The van der Waals surface area contributed by atoms with Crippen LogP contribution in [0.4, 0.5) is 5.69 Å². The molecular formula is C34H25ClN4O6. The average molecular weight is 621 g/mol. The van der Waals surface area contributed by atoms with Gasteiger partial charge in [-0.15, -0.1) is 6.58 Å². The molecule has 6 aromatic rings. The third-order valence-electron chi connectivity index (χ3n) is 7.04. The molecule has 45 heavy (non-hydrogen) atoms. The van der Waals surface area contributed by atoms with E-state index >= 15 is 0 Å². The number of allylic oxidation sites excluding steroid dienone is 1. The van der Waals surface area contributed by atoms with Gasteiger partial charge in [-0.25, -0.2) is 4.98 Å². The third kappa shape index (κ3) is 6.04. The fourth-order valence-corrected chi connectivity index (χ4v) is 5.07. The molecule has 11 heteroatoms. The van der Waals surface area contributed by atoms with Gasteiger partial charge in [0.1, 0.15) is 12.2 Å². The van der Waals surface area contributed by atoms with Crippen molar-refractivity contribution in [3.05, 3.63) is 140 Å². The van der Waals surface area contributed by atoms with Gasteiger partial charge in [0.05, 0.1) is 29.2 Å². The van der Waals surface area contributed by atoms with E-state index in [0.717, 1.165) is 16.5 Å². The molecule has 0 atom stereocenters. The summed E-state index contributed by atoms with van der Waals surface area (Å²) < 4.78 is 19.1. The molecule has 0 amide bonds.